The van der Waals surface area contributed by atoms with E-state index in [0.29, 0.717) is 0 Å². The molecule has 106 valence electrons. The van der Waals surface area contributed by atoms with Crippen molar-refractivity contribution >= 4 is 5.69 Å². The summed E-state index contributed by atoms with van der Waals surface area (Å²) in [6.45, 7) is 7.12. The molecule has 0 saturated carbocycles. The lowest BCUT2D eigenvalue weighted by Gasteiger charge is -2.22. The van der Waals surface area contributed by atoms with Crippen LogP contribution in [-0.2, 0) is 6.54 Å². The Hall–Kier alpha value is -1.87. The van der Waals surface area contributed by atoms with E-state index in [4.69, 9.17) is 0 Å². The van der Waals surface area contributed by atoms with Crippen molar-refractivity contribution in [3.05, 3.63) is 59.4 Å². The van der Waals surface area contributed by atoms with Crippen molar-refractivity contribution in [2.24, 2.45) is 0 Å². The molecular formula is C17H23N3. The SMILES string of the molecule is Cc1ccc(N(C)CCNCc2cccnc2)c(C)c1. The fourth-order valence-corrected chi connectivity index (χ4v) is 2.34. The van der Waals surface area contributed by atoms with E-state index in [1.807, 2.05) is 12.3 Å². The van der Waals surface area contributed by atoms with Gasteiger partial charge < -0.3 is 10.2 Å². The van der Waals surface area contributed by atoms with E-state index in [1.165, 1.54) is 22.4 Å². The molecule has 1 aromatic carbocycles. The van der Waals surface area contributed by atoms with Crippen LogP contribution in [0, 0.1) is 13.8 Å². The predicted molar refractivity (Wildman–Crippen MR) is 85.1 cm³/mol. The molecule has 1 N–H and O–H groups in total. The number of likely N-dealkylation sites (N-methyl/N-ethyl adjacent to an activating group) is 1. The lowest BCUT2D eigenvalue weighted by Crippen LogP contribution is -2.29. The van der Waals surface area contributed by atoms with E-state index in [2.05, 4.69) is 60.4 Å². The van der Waals surface area contributed by atoms with Gasteiger partial charge in [-0.15, -0.1) is 0 Å². The third kappa shape index (κ3) is 4.07. The minimum atomic E-state index is 0.870. The van der Waals surface area contributed by atoms with Crippen LogP contribution in [0.3, 0.4) is 0 Å². The number of anilines is 1. The molecule has 1 heterocycles. The van der Waals surface area contributed by atoms with E-state index in [9.17, 15) is 0 Å². The average Bonchev–Trinajstić information content (AvgIpc) is 2.44. The lowest BCUT2D eigenvalue weighted by atomic mass is 10.1. The molecule has 0 atom stereocenters. The van der Waals surface area contributed by atoms with Gasteiger partial charge in [-0.2, -0.15) is 0 Å². The molecule has 20 heavy (non-hydrogen) atoms. The van der Waals surface area contributed by atoms with Gasteiger partial charge in [-0.1, -0.05) is 23.8 Å². The number of rotatable bonds is 6. The van der Waals surface area contributed by atoms with E-state index < -0.39 is 0 Å². The van der Waals surface area contributed by atoms with E-state index in [-0.39, 0.29) is 0 Å². The van der Waals surface area contributed by atoms with Crippen LogP contribution >= 0.6 is 0 Å². The molecule has 2 aromatic rings. The molecule has 0 fully saturated rings. The normalized spacial score (nSPS) is 10.6. The molecule has 1 aromatic heterocycles. The average molecular weight is 269 g/mol. The Morgan fingerprint density at radius 1 is 1.20 bits per heavy atom. The zero-order chi connectivity index (χ0) is 14.4. The quantitative estimate of drug-likeness (QED) is 0.817. The van der Waals surface area contributed by atoms with Crippen molar-refractivity contribution in [1.29, 1.82) is 0 Å². The fourth-order valence-electron chi connectivity index (χ4n) is 2.34. The Bertz CT molecular complexity index is 537. The van der Waals surface area contributed by atoms with Gasteiger partial charge in [-0.3, -0.25) is 4.98 Å². The van der Waals surface area contributed by atoms with Crippen LogP contribution in [0.15, 0.2) is 42.7 Å². The molecule has 2 rings (SSSR count). The van der Waals surface area contributed by atoms with Crippen LogP contribution < -0.4 is 10.2 Å². The smallest absolute Gasteiger partial charge is 0.0393 e. The van der Waals surface area contributed by atoms with Crippen LogP contribution in [0.25, 0.3) is 0 Å². The molecule has 0 amide bonds. The molecule has 3 heteroatoms. The minimum absolute atomic E-state index is 0.870. The first-order valence-electron chi connectivity index (χ1n) is 7.05. The summed E-state index contributed by atoms with van der Waals surface area (Å²) < 4.78 is 0. The van der Waals surface area contributed by atoms with Gasteiger partial charge in [0.2, 0.25) is 0 Å². The highest BCUT2D eigenvalue weighted by Gasteiger charge is 2.04. The van der Waals surface area contributed by atoms with E-state index >= 15 is 0 Å². The minimum Gasteiger partial charge on any atom is -0.373 e. The maximum absolute atomic E-state index is 4.12. The number of nitrogens with one attached hydrogen (secondary N) is 1. The van der Waals surface area contributed by atoms with E-state index in [1.54, 1.807) is 6.20 Å². The fraction of sp³-hybridized carbons (Fsp3) is 0.353. The van der Waals surface area contributed by atoms with Gasteiger partial charge in [0.1, 0.15) is 0 Å². The second kappa shape index (κ2) is 7.06. The number of benzene rings is 1. The molecule has 0 bridgehead atoms. The molecule has 0 saturated heterocycles. The highest BCUT2D eigenvalue weighted by atomic mass is 15.1. The Kier molecular flexibility index (Phi) is 5.13. The summed E-state index contributed by atoms with van der Waals surface area (Å²) in [6, 6.07) is 10.7. The largest absolute Gasteiger partial charge is 0.373 e. The molecule has 3 nitrogen and oxygen atoms in total. The second-order valence-corrected chi connectivity index (χ2v) is 5.25. The third-order valence-electron chi connectivity index (χ3n) is 3.44. The first kappa shape index (κ1) is 14.5. The Morgan fingerprint density at radius 3 is 2.75 bits per heavy atom. The van der Waals surface area contributed by atoms with Crippen molar-refractivity contribution in [3.8, 4) is 0 Å². The van der Waals surface area contributed by atoms with Gasteiger partial charge in [-0.25, -0.2) is 0 Å². The summed E-state index contributed by atoms with van der Waals surface area (Å²) in [6.07, 6.45) is 3.71. The van der Waals surface area contributed by atoms with Crippen molar-refractivity contribution in [3.63, 3.8) is 0 Å². The van der Waals surface area contributed by atoms with Crippen LogP contribution in [-0.4, -0.2) is 25.1 Å². The number of nitrogens with zero attached hydrogens (tertiary/aromatic N) is 2. The Balaban J connectivity index is 1.79. The standard InChI is InChI=1S/C17H23N3/c1-14-6-7-17(15(2)11-14)20(3)10-9-19-13-16-5-4-8-18-12-16/h4-8,11-12,19H,9-10,13H2,1-3H3. The number of hydrogen-bond acceptors (Lipinski definition) is 3. The summed E-state index contributed by atoms with van der Waals surface area (Å²) in [5.74, 6) is 0. The zero-order valence-electron chi connectivity index (χ0n) is 12.6. The monoisotopic (exact) mass is 269 g/mol. The Labute approximate surface area is 121 Å². The van der Waals surface area contributed by atoms with Gasteiger partial charge in [0.15, 0.2) is 0 Å². The maximum Gasteiger partial charge on any atom is 0.0393 e. The molecule has 0 aliphatic rings. The summed E-state index contributed by atoms with van der Waals surface area (Å²) in [7, 11) is 2.14. The van der Waals surface area contributed by atoms with Crippen LogP contribution in [0.1, 0.15) is 16.7 Å². The lowest BCUT2D eigenvalue weighted by molar-refractivity contribution is 0.677. The number of hydrogen-bond donors (Lipinski definition) is 1. The first-order chi connectivity index (χ1) is 9.66. The van der Waals surface area contributed by atoms with E-state index in [0.717, 1.165) is 19.6 Å². The van der Waals surface area contributed by atoms with Crippen LogP contribution in [0.5, 0.6) is 0 Å². The molecule has 0 aliphatic heterocycles. The highest BCUT2D eigenvalue weighted by Crippen LogP contribution is 2.19. The number of pyridine rings is 1. The molecule has 0 unspecified atom stereocenters. The molecular weight excluding hydrogens is 246 g/mol. The molecule has 0 aliphatic carbocycles. The van der Waals surface area contributed by atoms with Crippen molar-refractivity contribution in [2.45, 2.75) is 20.4 Å². The van der Waals surface area contributed by atoms with Crippen LogP contribution in [0.2, 0.25) is 0 Å². The van der Waals surface area contributed by atoms with Crippen LogP contribution in [0.4, 0.5) is 5.69 Å². The summed E-state index contributed by atoms with van der Waals surface area (Å²) >= 11 is 0. The second-order valence-electron chi connectivity index (χ2n) is 5.25. The Morgan fingerprint density at radius 2 is 2.05 bits per heavy atom. The zero-order valence-corrected chi connectivity index (χ0v) is 12.6. The topological polar surface area (TPSA) is 28.2 Å². The van der Waals surface area contributed by atoms with Crippen molar-refractivity contribution < 1.29 is 0 Å². The molecule has 0 spiro atoms. The van der Waals surface area contributed by atoms with Gasteiger partial charge >= 0.3 is 0 Å². The third-order valence-corrected chi connectivity index (χ3v) is 3.44. The van der Waals surface area contributed by atoms with Gasteiger partial charge in [0.05, 0.1) is 0 Å². The van der Waals surface area contributed by atoms with Crippen molar-refractivity contribution in [2.75, 3.05) is 25.0 Å². The summed E-state index contributed by atoms with van der Waals surface area (Å²) in [4.78, 5) is 6.41. The predicted octanol–water partition coefficient (Wildman–Crippen LogP) is 2.92. The van der Waals surface area contributed by atoms with Gasteiger partial charge in [-0.05, 0) is 37.1 Å². The highest BCUT2D eigenvalue weighted by molar-refractivity contribution is 5.53. The number of aryl methyl sites for hydroxylation is 2. The van der Waals surface area contributed by atoms with Gasteiger partial charge in [0.25, 0.3) is 0 Å². The number of aromatic nitrogens is 1. The summed E-state index contributed by atoms with van der Waals surface area (Å²) in [5, 5.41) is 3.45. The van der Waals surface area contributed by atoms with Gasteiger partial charge in [0, 0.05) is 44.8 Å². The maximum atomic E-state index is 4.12. The molecule has 0 radical (unpaired) electrons. The first-order valence-corrected chi connectivity index (χ1v) is 7.05. The van der Waals surface area contributed by atoms with Crippen molar-refractivity contribution in [1.82, 2.24) is 10.3 Å². The summed E-state index contributed by atoms with van der Waals surface area (Å²) in [5.41, 5.74) is 5.18.